The Bertz CT molecular complexity index is 587. The Morgan fingerprint density at radius 2 is 1.95 bits per heavy atom. The standard InChI is InChI=1S/C13H24N4O3/c1-6-7-17-10(14)9(11(18)16(4)12(17)19)15-8-13(2,3)20-5/h15H,6-8,14H2,1-5H3. The zero-order valence-electron chi connectivity index (χ0n) is 12.8. The van der Waals surface area contributed by atoms with Gasteiger partial charge in [-0.05, 0) is 20.3 Å². The van der Waals surface area contributed by atoms with Gasteiger partial charge in [0.25, 0.3) is 5.56 Å². The molecule has 0 bridgehead atoms. The van der Waals surface area contributed by atoms with Gasteiger partial charge in [0.05, 0.1) is 5.60 Å². The normalized spacial score (nSPS) is 11.7. The van der Waals surface area contributed by atoms with Crippen LogP contribution in [-0.2, 0) is 18.3 Å². The summed E-state index contributed by atoms with van der Waals surface area (Å²) >= 11 is 0. The average molecular weight is 284 g/mol. The highest BCUT2D eigenvalue weighted by atomic mass is 16.5. The fourth-order valence-electron chi connectivity index (χ4n) is 1.76. The van der Waals surface area contributed by atoms with Gasteiger partial charge in [-0.3, -0.25) is 13.9 Å². The Labute approximate surface area is 118 Å². The molecule has 0 saturated heterocycles. The van der Waals surface area contributed by atoms with Crippen molar-refractivity contribution in [3.05, 3.63) is 20.8 Å². The van der Waals surface area contributed by atoms with Crippen LogP contribution in [0.25, 0.3) is 0 Å². The highest BCUT2D eigenvalue weighted by Crippen LogP contribution is 2.14. The van der Waals surface area contributed by atoms with Gasteiger partial charge < -0.3 is 15.8 Å². The van der Waals surface area contributed by atoms with Crippen molar-refractivity contribution in [2.45, 2.75) is 39.3 Å². The lowest BCUT2D eigenvalue weighted by Gasteiger charge is -2.24. The van der Waals surface area contributed by atoms with Crippen molar-refractivity contribution in [3.63, 3.8) is 0 Å². The number of rotatable bonds is 6. The number of nitrogens with one attached hydrogen (secondary N) is 1. The molecule has 0 radical (unpaired) electrons. The SMILES string of the molecule is CCCn1c(N)c(NCC(C)(C)OC)c(=O)n(C)c1=O. The zero-order valence-corrected chi connectivity index (χ0v) is 12.8. The van der Waals surface area contributed by atoms with Crippen molar-refractivity contribution in [3.8, 4) is 0 Å². The molecule has 1 rings (SSSR count). The van der Waals surface area contributed by atoms with E-state index in [2.05, 4.69) is 5.32 Å². The molecule has 0 atom stereocenters. The molecule has 114 valence electrons. The summed E-state index contributed by atoms with van der Waals surface area (Å²) in [4.78, 5) is 24.1. The molecule has 0 fully saturated rings. The summed E-state index contributed by atoms with van der Waals surface area (Å²) in [6.07, 6.45) is 0.755. The Morgan fingerprint density at radius 3 is 2.45 bits per heavy atom. The lowest BCUT2D eigenvalue weighted by atomic mass is 10.1. The molecule has 7 heteroatoms. The number of methoxy groups -OCH3 is 1. The van der Waals surface area contributed by atoms with Crippen molar-refractivity contribution in [2.24, 2.45) is 7.05 Å². The summed E-state index contributed by atoms with van der Waals surface area (Å²) in [7, 11) is 3.05. The van der Waals surface area contributed by atoms with Gasteiger partial charge in [-0.25, -0.2) is 4.79 Å². The maximum atomic E-state index is 12.1. The quantitative estimate of drug-likeness (QED) is 0.788. The van der Waals surface area contributed by atoms with E-state index in [1.807, 2.05) is 20.8 Å². The summed E-state index contributed by atoms with van der Waals surface area (Å²) in [5, 5.41) is 3.00. The van der Waals surface area contributed by atoms with E-state index in [4.69, 9.17) is 10.5 Å². The van der Waals surface area contributed by atoms with Crippen molar-refractivity contribution in [1.82, 2.24) is 9.13 Å². The molecule has 1 heterocycles. The maximum absolute atomic E-state index is 12.1. The molecule has 0 aromatic carbocycles. The molecular formula is C13H24N4O3. The van der Waals surface area contributed by atoms with Crippen molar-refractivity contribution >= 4 is 11.5 Å². The van der Waals surface area contributed by atoms with Crippen molar-refractivity contribution < 1.29 is 4.74 Å². The average Bonchev–Trinajstić information content (AvgIpc) is 2.41. The zero-order chi connectivity index (χ0) is 15.5. The molecule has 0 spiro atoms. The van der Waals surface area contributed by atoms with Crippen LogP contribution in [0.5, 0.6) is 0 Å². The van der Waals surface area contributed by atoms with Crippen LogP contribution in [0.15, 0.2) is 9.59 Å². The van der Waals surface area contributed by atoms with E-state index in [9.17, 15) is 9.59 Å². The van der Waals surface area contributed by atoms with Gasteiger partial charge in [0, 0.05) is 27.2 Å². The van der Waals surface area contributed by atoms with Crippen LogP contribution in [0.3, 0.4) is 0 Å². The monoisotopic (exact) mass is 284 g/mol. The first kappa shape index (κ1) is 16.3. The Kier molecular flexibility index (Phi) is 4.99. The molecule has 0 aliphatic carbocycles. The van der Waals surface area contributed by atoms with Crippen LogP contribution in [0, 0.1) is 0 Å². The summed E-state index contributed by atoms with van der Waals surface area (Å²) in [5.74, 6) is 0.173. The van der Waals surface area contributed by atoms with E-state index >= 15 is 0 Å². The van der Waals surface area contributed by atoms with E-state index in [0.29, 0.717) is 13.1 Å². The Morgan fingerprint density at radius 1 is 1.35 bits per heavy atom. The second-order valence-corrected chi connectivity index (χ2v) is 5.38. The van der Waals surface area contributed by atoms with Gasteiger partial charge >= 0.3 is 5.69 Å². The lowest BCUT2D eigenvalue weighted by Crippen LogP contribution is -2.42. The van der Waals surface area contributed by atoms with Crippen LogP contribution in [0.2, 0.25) is 0 Å². The molecule has 1 aromatic heterocycles. The molecule has 0 saturated carbocycles. The molecule has 0 aliphatic heterocycles. The third kappa shape index (κ3) is 3.22. The fourth-order valence-corrected chi connectivity index (χ4v) is 1.76. The predicted molar refractivity (Wildman–Crippen MR) is 80.2 cm³/mol. The minimum absolute atomic E-state index is 0.173. The molecule has 7 nitrogen and oxygen atoms in total. The number of nitrogen functional groups attached to an aromatic ring is 1. The van der Waals surface area contributed by atoms with Crippen molar-refractivity contribution in [1.29, 1.82) is 0 Å². The largest absolute Gasteiger partial charge is 0.383 e. The number of hydrogen-bond donors (Lipinski definition) is 2. The third-order valence-corrected chi connectivity index (χ3v) is 3.27. The van der Waals surface area contributed by atoms with Gasteiger partial charge in [0.1, 0.15) is 11.5 Å². The van der Waals surface area contributed by atoms with Crippen LogP contribution in [0.4, 0.5) is 11.5 Å². The molecule has 20 heavy (non-hydrogen) atoms. The van der Waals surface area contributed by atoms with Gasteiger partial charge in [-0.1, -0.05) is 6.92 Å². The minimum atomic E-state index is -0.441. The molecule has 0 aliphatic rings. The summed E-state index contributed by atoms with van der Waals surface area (Å²) in [6, 6.07) is 0. The molecule has 0 unspecified atom stereocenters. The number of anilines is 2. The topological polar surface area (TPSA) is 91.3 Å². The van der Waals surface area contributed by atoms with Crippen molar-refractivity contribution in [2.75, 3.05) is 24.7 Å². The van der Waals surface area contributed by atoms with Crippen LogP contribution < -0.4 is 22.3 Å². The first-order valence-corrected chi connectivity index (χ1v) is 6.63. The lowest BCUT2D eigenvalue weighted by molar-refractivity contribution is 0.0343. The number of nitrogens with two attached hydrogens (primary N) is 1. The van der Waals surface area contributed by atoms with E-state index in [1.165, 1.54) is 11.6 Å². The second-order valence-electron chi connectivity index (χ2n) is 5.38. The first-order chi connectivity index (χ1) is 9.25. The number of hydrogen-bond acceptors (Lipinski definition) is 5. The highest BCUT2D eigenvalue weighted by molar-refractivity contribution is 5.60. The smallest absolute Gasteiger partial charge is 0.332 e. The Hall–Kier alpha value is -1.76. The number of aromatic nitrogens is 2. The van der Waals surface area contributed by atoms with Crippen LogP contribution in [0.1, 0.15) is 27.2 Å². The number of nitrogens with zero attached hydrogens (tertiary/aromatic N) is 2. The van der Waals surface area contributed by atoms with E-state index in [-0.39, 0.29) is 11.5 Å². The molecule has 0 amide bonds. The highest BCUT2D eigenvalue weighted by Gasteiger charge is 2.20. The van der Waals surface area contributed by atoms with Crippen LogP contribution >= 0.6 is 0 Å². The first-order valence-electron chi connectivity index (χ1n) is 6.63. The fraction of sp³-hybridized carbons (Fsp3) is 0.692. The predicted octanol–water partition coefficient (Wildman–Crippen LogP) is 0.376. The molecular weight excluding hydrogens is 260 g/mol. The van der Waals surface area contributed by atoms with Gasteiger partial charge in [0.2, 0.25) is 0 Å². The summed E-state index contributed by atoms with van der Waals surface area (Å²) in [6.45, 7) is 6.61. The molecule has 3 N–H and O–H groups in total. The van der Waals surface area contributed by atoms with E-state index < -0.39 is 16.9 Å². The van der Waals surface area contributed by atoms with E-state index in [1.54, 1.807) is 7.11 Å². The van der Waals surface area contributed by atoms with E-state index in [0.717, 1.165) is 11.0 Å². The maximum Gasteiger partial charge on any atom is 0.332 e. The van der Waals surface area contributed by atoms with Crippen LogP contribution in [-0.4, -0.2) is 28.4 Å². The second kappa shape index (κ2) is 6.13. The number of ether oxygens (including phenoxy) is 1. The Balaban J connectivity index is 3.26. The molecule has 1 aromatic rings. The van der Waals surface area contributed by atoms with Gasteiger partial charge in [-0.2, -0.15) is 0 Å². The third-order valence-electron chi connectivity index (χ3n) is 3.27. The van der Waals surface area contributed by atoms with Gasteiger partial charge in [0.15, 0.2) is 0 Å². The minimum Gasteiger partial charge on any atom is -0.383 e. The van der Waals surface area contributed by atoms with Gasteiger partial charge in [-0.15, -0.1) is 0 Å². The summed E-state index contributed by atoms with van der Waals surface area (Å²) < 4.78 is 7.76. The summed E-state index contributed by atoms with van der Waals surface area (Å²) in [5.41, 5.74) is 4.94.